The van der Waals surface area contributed by atoms with Crippen LogP contribution in [-0.2, 0) is 9.53 Å². The van der Waals surface area contributed by atoms with E-state index in [1.807, 2.05) is 31.2 Å². The number of aliphatic carboxylic acids is 1. The van der Waals surface area contributed by atoms with Gasteiger partial charge < -0.3 is 14.7 Å². The van der Waals surface area contributed by atoms with Gasteiger partial charge in [0.05, 0.1) is 5.41 Å². The first kappa shape index (κ1) is 17.2. The summed E-state index contributed by atoms with van der Waals surface area (Å²) in [5, 5.41) is 8.66. The maximum absolute atomic E-state index is 12.4. The van der Waals surface area contributed by atoms with Gasteiger partial charge in [0, 0.05) is 24.9 Å². The molecule has 1 aliphatic heterocycles. The van der Waals surface area contributed by atoms with E-state index in [4.69, 9.17) is 9.84 Å². The second kappa shape index (κ2) is 6.48. The van der Waals surface area contributed by atoms with Gasteiger partial charge in [-0.15, -0.1) is 0 Å². The van der Waals surface area contributed by atoms with Gasteiger partial charge in [-0.1, -0.05) is 54.5 Å². The number of carboxylic acid groups (broad SMARTS) is 1. The molecule has 1 aliphatic carbocycles. The van der Waals surface area contributed by atoms with Crippen molar-refractivity contribution in [1.82, 2.24) is 4.90 Å². The Morgan fingerprint density at radius 1 is 1.11 bits per heavy atom. The number of ether oxygens (including phenoxy) is 1. The molecule has 5 nitrogen and oxygen atoms in total. The van der Waals surface area contributed by atoms with Crippen LogP contribution < -0.4 is 0 Å². The molecule has 4 rings (SSSR count). The highest BCUT2D eigenvalue weighted by atomic mass is 16.6. The Bertz CT molecular complexity index is 934. The number of fused-ring (bicyclic) bond motifs is 3. The van der Waals surface area contributed by atoms with E-state index in [9.17, 15) is 9.59 Å². The Labute approximate surface area is 157 Å². The van der Waals surface area contributed by atoms with Gasteiger partial charge in [0.25, 0.3) is 0 Å². The molecule has 0 unspecified atom stereocenters. The Morgan fingerprint density at radius 2 is 1.67 bits per heavy atom. The van der Waals surface area contributed by atoms with Crippen LogP contribution in [0.1, 0.15) is 24.0 Å². The molecule has 1 heterocycles. The van der Waals surface area contributed by atoms with E-state index in [0.717, 1.165) is 0 Å². The summed E-state index contributed by atoms with van der Waals surface area (Å²) in [6.45, 7) is 2.88. The largest absolute Gasteiger partial charge is 0.472 e. The molecule has 27 heavy (non-hydrogen) atoms. The van der Waals surface area contributed by atoms with Crippen molar-refractivity contribution in [1.29, 1.82) is 0 Å². The molecule has 0 saturated carbocycles. The summed E-state index contributed by atoms with van der Waals surface area (Å²) in [6.07, 6.45) is -0.383. The second-order valence-electron chi connectivity index (χ2n) is 7.28. The number of carbonyl (C=O) groups excluding carboxylic acids is 1. The van der Waals surface area contributed by atoms with Crippen molar-refractivity contribution in [3.05, 3.63) is 59.7 Å². The number of likely N-dealkylation sites (tertiary alicyclic amines) is 1. The molecule has 1 amide bonds. The van der Waals surface area contributed by atoms with Gasteiger partial charge in [-0.25, -0.2) is 9.59 Å². The Balaban J connectivity index is 1.42. The van der Waals surface area contributed by atoms with Crippen LogP contribution in [0.4, 0.5) is 4.79 Å². The Morgan fingerprint density at radius 3 is 2.22 bits per heavy atom. The van der Waals surface area contributed by atoms with Crippen molar-refractivity contribution in [2.24, 2.45) is 5.41 Å². The molecule has 0 radical (unpaired) electrons. The van der Waals surface area contributed by atoms with E-state index in [1.165, 1.54) is 22.3 Å². The lowest BCUT2D eigenvalue weighted by atomic mass is 9.83. The van der Waals surface area contributed by atoms with E-state index < -0.39 is 11.4 Å². The predicted molar refractivity (Wildman–Crippen MR) is 100 cm³/mol. The minimum Gasteiger partial charge on any atom is -0.472 e. The Hall–Kier alpha value is -3.26. The molecule has 0 spiro atoms. The topological polar surface area (TPSA) is 66.8 Å². The third-order valence-electron chi connectivity index (χ3n) is 5.15. The van der Waals surface area contributed by atoms with Crippen LogP contribution in [0, 0.1) is 17.3 Å². The number of amides is 1. The van der Waals surface area contributed by atoms with E-state index in [-0.39, 0.29) is 18.6 Å². The zero-order valence-electron chi connectivity index (χ0n) is 14.9. The summed E-state index contributed by atoms with van der Waals surface area (Å²) in [7, 11) is 0. The molecule has 1 N–H and O–H groups in total. The fourth-order valence-corrected chi connectivity index (χ4v) is 3.89. The van der Waals surface area contributed by atoms with Gasteiger partial charge >= 0.3 is 12.1 Å². The molecule has 136 valence electrons. The smallest absolute Gasteiger partial charge is 0.409 e. The van der Waals surface area contributed by atoms with E-state index in [0.29, 0.717) is 13.1 Å². The van der Waals surface area contributed by atoms with E-state index >= 15 is 0 Å². The standard InChI is InChI=1S/C22H19NO4/c1-22(11-10-20(24)25)13-23(14-22)21(26)27-12-19-17-8-4-2-6-15(17)16-7-3-5-9-18(16)19/h2-9,19H,12-14H2,1H3,(H,24,25). The summed E-state index contributed by atoms with van der Waals surface area (Å²) in [4.78, 5) is 24.5. The SMILES string of the molecule is CC1(C#CC(=O)O)CN(C(=O)OCC2c3ccccc3-c3ccccc32)C1. The molecule has 5 heteroatoms. The number of carbonyl (C=O) groups is 2. The average molecular weight is 361 g/mol. The van der Waals surface area contributed by atoms with Crippen molar-refractivity contribution in [2.75, 3.05) is 19.7 Å². The highest BCUT2D eigenvalue weighted by molar-refractivity contribution is 5.86. The van der Waals surface area contributed by atoms with Crippen LogP contribution in [0.3, 0.4) is 0 Å². The van der Waals surface area contributed by atoms with Crippen LogP contribution in [-0.4, -0.2) is 41.8 Å². The predicted octanol–water partition coefficient (Wildman–Crippen LogP) is 3.35. The first-order chi connectivity index (χ1) is 13.0. The lowest BCUT2D eigenvalue weighted by Crippen LogP contribution is -2.56. The van der Waals surface area contributed by atoms with Gasteiger partial charge in [-0.05, 0) is 29.2 Å². The zero-order chi connectivity index (χ0) is 19.0. The lowest BCUT2D eigenvalue weighted by molar-refractivity contribution is -0.130. The summed E-state index contributed by atoms with van der Waals surface area (Å²) in [6, 6.07) is 16.4. The molecule has 1 saturated heterocycles. The second-order valence-corrected chi connectivity index (χ2v) is 7.28. The summed E-state index contributed by atoms with van der Waals surface area (Å²) in [5.41, 5.74) is 4.24. The number of hydrogen-bond donors (Lipinski definition) is 1. The number of hydrogen-bond acceptors (Lipinski definition) is 3. The van der Waals surface area contributed by atoms with Gasteiger partial charge in [0.2, 0.25) is 0 Å². The minimum absolute atomic E-state index is 0.0285. The molecular weight excluding hydrogens is 342 g/mol. The van der Waals surface area contributed by atoms with Crippen LogP contribution in [0.2, 0.25) is 0 Å². The fraction of sp³-hybridized carbons (Fsp3) is 0.273. The van der Waals surface area contributed by atoms with Crippen LogP contribution in [0.5, 0.6) is 0 Å². The minimum atomic E-state index is -1.16. The van der Waals surface area contributed by atoms with Gasteiger partial charge in [-0.3, -0.25) is 0 Å². The van der Waals surface area contributed by atoms with Crippen molar-refractivity contribution >= 4 is 12.1 Å². The average Bonchev–Trinajstić information content (AvgIpc) is 2.96. The van der Waals surface area contributed by atoms with Crippen molar-refractivity contribution in [3.8, 4) is 23.0 Å². The Kier molecular flexibility index (Phi) is 4.12. The van der Waals surface area contributed by atoms with Crippen molar-refractivity contribution < 1.29 is 19.4 Å². The number of carboxylic acids is 1. The lowest BCUT2D eigenvalue weighted by Gasteiger charge is -2.43. The highest BCUT2D eigenvalue weighted by Crippen LogP contribution is 2.44. The molecule has 2 aromatic rings. The van der Waals surface area contributed by atoms with Gasteiger partial charge in [0.15, 0.2) is 0 Å². The van der Waals surface area contributed by atoms with Crippen molar-refractivity contribution in [2.45, 2.75) is 12.8 Å². The van der Waals surface area contributed by atoms with Gasteiger partial charge in [0.1, 0.15) is 6.61 Å². The molecule has 0 aromatic heterocycles. The third kappa shape index (κ3) is 3.15. The summed E-state index contributed by atoms with van der Waals surface area (Å²) in [5.74, 6) is 3.71. The van der Waals surface area contributed by atoms with Crippen LogP contribution >= 0.6 is 0 Å². The van der Waals surface area contributed by atoms with Crippen LogP contribution in [0.15, 0.2) is 48.5 Å². The molecule has 1 fully saturated rings. The number of nitrogens with zero attached hydrogens (tertiary/aromatic N) is 1. The normalized spacial score (nSPS) is 16.4. The van der Waals surface area contributed by atoms with Gasteiger partial charge in [-0.2, -0.15) is 0 Å². The maximum Gasteiger partial charge on any atom is 0.409 e. The first-order valence-electron chi connectivity index (χ1n) is 8.83. The summed E-state index contributed by atoms with van der Waals surface area (Å²) < 4.78 is 5.59. The molecule has 0 atom stereocenters. The zero-order valence-corrected chi connectivity index (χ0v) is 14.9. The summed E-state index contributed by atoms with van der Waals surface area (Å²) >= 11 is 0. The van der Waals surface area contributed by atoms with Crippen molar-refractivity contribution in [3.63, 3.8) is 0 Å². The molecule has 0 bridgehead atoms. The van der Waals surface area contributed by atoms with E-state index in [2.05, 4.69) is 36.1 Å². The quantitative estimate of drug-likeness (QED) is 0.833. The highest BCUT2D eigenvalue weighted by Gasteiger charge is 2.41. The number of benzene rings is 2. The third-order valence-corrected chi connectivity index (χ3v) is 5.15. The molecule has 2 aliphatic rings. The molecular formula is C22H19NO4. The monoisotopic (exact) mass is 361 g/mol. The van der Waals surface area contributed by atoms with Crippen LogP contribution in [0.25, 0.3) is 11.1 Å². The fourth-order valence-electron chi connectivity index (χ4n) is 3.89. The van der Waals surface area contributed by atoms with E-state index in [1.54, 1.807) is 4.90 Å². The first-order valence-corrected chi connectivity index (χ1v) is 8.83. The number of rotatable bonds is 2. The molecule has 2 aromatic carbocycles. The maximum atomic E-state index is 12.4.